The zero-order chi connectivity index (χ0) is 21.9. The summed E-state index contributed by atoms with van der Waals surface area (Å²) in [4.78, 5) is 48.2. The Hall–Kier alpha value is -3.73. The van der Waals surface area contributed by atoms with E-state index in [4.69, 9.17) is 31.9 Å². The minimum Gasteiger partial charge on any atom is -0.490 e. The lowest BCUT2D eigenvalue weighted by Gasteiger charge is -2.17. The molecule has 6 N–H and O–H groups in total. The molecule has 0 unspecified atom stereocenters. The summed E-state index contributed by atoms with van der Waals surface area (Å²) in [5.74, 6) is -5.26. The SMILES string of the molecule is CCOc1cc(-c2c(C(=O)O)c(N)[nH]c(=O)c2C(=O)O)c(Cl)cc1OCC(=O)O. The number of H-pyrrole nitrogens is 1. The molecule has 154 valence electrons. The fraction of sp³-hybridized carbons (Fsp3) is 0.176. The van der Waals surface area contributed by atoms with Gasteiger partial charge in [-0.05, 0) is 13.0 Å². The average Bonchev–Trinajstić information content (AvgIpc) is 2.60. The lowest BCUT2D eigenvalue weighted by Crippen LogP contribution is -2.24. The van der Waals surface area contributed by atoms with E-state index in [1.807, 2.05) is 4.98 Å². The summed E-state index contributed by atoms with van der Waals surface area (Å²) in [5.41, 5.74) is 2.20. The number of nitrogens with two attached hydrogens (primary N) is 1. The van der Waals surface area contributed by atoms with Crippen molar-refractivity contribution in [2.75, 3.05) is 18.9 Å². The van der Waals surface area contributed by atoms with E-state index in [0.717, 1.165) is 12.1 Å². The third-order valence-corrected chi connectivity index (χ3v) is 3.94. The van der Waals surface area contributed by atoms with E-state index in [9.17, 15) is 29.4 Å². The highest BCUT2D eigenvalue weighted by Crippen LogP contribution is 2.41. The van der Waals surface area contributed by atoms with Crippen molar-refractivity contribution >= 4 is 35.3 Å². The van der Waals surface area contributed by atoms with Gasteiger partial charge in [-0.1, -0.05) is 11.6 Å². The van der Waals surface area contributed by atoms with E-state index >= 15 is 0 Å². The summed E-state index contributed by atoms with van der Waals surface area (Å²) in [6.07, 6.45) is 0. The highest BCUT2D eigenvalue weighted by Gasteiger charge is 2.29. The first-order valence-electron chi connectivity index (χ1n) is 7.92. The standard InChI is InChI=1S/C17H15ClN2O9/c1-2-28-8-3-6(7(18)4-9(8)29-5-10(21)22)11-12(16(24)25)14(19)20-15(23)13(11)17(26)27/h3-4H,2,5H2,1H3,(H,21,22)(H,24,25)(H,26,27)(H3,19,20,23). The molecule has 0 bridgehead atoms. The number of anilines is 1. The summed E-state index contributed by atoms with van der Waals surface area (Å²) in [6, 6.07) is 2.27. The third-order valence-electron chi connectivity index (χ3n) is 3.63. The zero-order valence-electron chi connectivity index (χ0n) is 14.8. The molecule has 0 aliphatic carbocycles. The number of aliphatic carboxylic acids is 1. The van der Waals surface area contributed by atoms with Crippen LogP contribution in [0.3, 0.4) is 0 Å². The molecule has 2 aromatic rings. The van der Waals surface area contributed by atoms with Gasteiger partial charge in [-0.15, -0.1) is 0 Å². The molecule has 0 amide bonds. The van der Waals surface area contributed by atoms with Gasteiger partial charge in [0.15, 0.2) is 18.1 Å². The molecule has 1 aromatic carbocycles. The second-order valence-corrected chi connectivity index (χ2v) is 5.90. The molecule has 1 heterocycles. The van der Waals surface area contributed by atoms with E-state index in [1.165, 1.54) is 0 Å². The molecule has 0 saturated carbocycles. The quantitative estimate of drug-likeness (QED) is 0.413. The number of hydrogen-bond acceptors (Lipinski definition) is 7. The van der Waals surface area contributed by atoms with Crippen molar-refractivity contribution in [2.45, 2.75) is 6.92 Å². The topological polar surface area (TPSA) is 189 Å². The van der Waals surface area contributed by atoms with Crippen LogP contribution in [-0.2, 0) is 4.79 Å². The number of carboxylic acids is 3. The van der Waals surface area contributed by atoms with Crippen LogP contribution in [0, 0.1) is 0 Å². The normalized spacial score (nSPS) is 10.4. The Bertz CT molecular complexity index is 1060. The van der Waals surface area contributed by atoms with E-state index in [-0.39, 0.29) is 28.7 Å². The van der Waals surface area contributed by atoms with Gasteiger partial charge in [-0.3, -0.25) is 4.79 Å². The molecule has 0 radical (unpaired) electrons. The number of carbonyl (C=O) groups is 3. The van der Waals surface area contributed by atoms with Gasteiger partial charge in [0.1, 0.15) is 16.9 Å². The van der Waals surface area contributed by atoms with Gasteiger partial charge >= 0.3 is 17.9 Å². The largest absolute Gasteiger partial charge is 0.490 e. The van der Waals surface area contributed by atoms with E-state index < -0.39 is 52.6 Å². The first kappa shape index (κ1) is 21.6. The van der Waals surface area contributed by atoms with Crippen molar-refractivity contribution in [3.8, 4) is 22.6 Å². The first-order chi connectivity index (χ1) is 13.6. The first-order valence-corrected chi connectivity index (χ1v) is 8.29. The van der Waals surface area contributed by atoms with Gasteiger partial charge in [-0.2, -0.15) is 0 Å². The lowest BCUT2D eigenvalue weighted by atomic mass is 9.95. The minimum absolute atomic E-state index is 0.0420. The van der Waals surface area contributed by atoms with Gasteiger partial charge in [0, 0.05) is 17.2 Å². The molecule has 12 heteroatoms. The van der Waals surface area contributed by atoms with Gasteiger partial charge < -0.3 is 35.5 Å². The Labute approximate surface area is 167 Å². The molecule has 11 nitrogen and oxygen atoms in total. The van der Waals surface area contributed by atoms with Crippen LogP contribution in [0.25, 0.3) is 11.1 Å². The van der Waals surface area contributed by atoms with Gasteiger partial charge in [0.2, 0.25) is 0 Å². The fourth-order valence-corrected chi connectivity index (χ4v) is 2.81. The van der Waals surface area contributed by atoms with Crippen molar-refractivity contribution in [1.82, 2.24) is 4.98 Å². The van der Waals surface area contributed by atoms with Crippen molar-refractivity contribution in [3.05, 3.63) is 38.6 Å². The van der Waals surface area contributed by atoms with E-state index in [2.05, 4.69) is 0 Å². The molecular weight excluding hydrogens is 412 g/mol. The number of hydrogen-bond donors (Lipinski definition) is 5. The maximum atomic E-state index is 12.1. The lowest BCUT2D eigenvalue weighted by molar-refractivity contribution is -0.139. The van der Waals surface area contributed by atoms with Crippen LogP contribution in [-0.4, -0.2) is 51.4 Å². The predicted molar refractivity (Wildman–Crippen MR) is 100 cm³/mol. The van der Waals surface area contributed by atoms with Crippen LogP contribution >= 0.6 is 11.6 Å². The number of halogens is 1. The second kappa shape index (κ2) is 8.52. The number of nitrogens with one attached hydrogen (secondary N) is 1. The van der Waals surface area contributed by atoms with Crippen LogP contribution in [0.5, 0.6) is 11.5 Å². The number of ether oxygens (including phenoxy) is 2. The Kier molecular flexibility index (Phi) is 6.34. The van der Waals surface area contributed by atoms with Crippen LogP contribution in [0.4, 0.5) is 5.82 Å². The monoisotopic (exact) mass is 426 g/mol. The number of aromatic nitrogens is 1. The second-order valence-electron chi connectivity index (χ2n) is 5.50. The van der Waals surface area contributed by atoms with E-state index in [0.29, 0.717) is 0 Å². The molecule has 0 aliphatic heterocycles. The summed E-state index contributed by atoms with van der Waals surface area (Å²) in [7, 11) is 0. The predicted octanol–water partition coefficient (Wildman–Crippen LogP) is 1.54. The summed E-state index contributed by atoms with van der Waals surface area (Å²) in [6.45, 7) is 1.01. The highest BCUT2D eigenvalue weighted by atomic mass is 35.5. The Morgan fingerprint density at radius 2 is 1.66 bits per heavy atom. The molecule has 0 atom stereocenters. The maximum absolute atomic E-state index is 12.1. The average molecular weight is 427 g/mol. The van der Waals surface area contributed by atoms with Crippen molar-refractivity contribution < 1.29 is 39.2 Å². The number of rotatable bonds is 8. The zero-order valence-corrected chi connectivity index (χ0v) is 15.6. The highest BCUT2D eigenvalue weighted by molar-refractivity contribution is 6.34. The van der Waals surface area contributed by atoms with Gasteiger partial charge in [-0.25, -0.2) is 14.4 Å². The molecule has 0 saturated heterocycles. The molecule has 2 rings (SSSR count). The number of pyridine rings is 1. The van der Waals surface area contributed by atoms with Crippen LogP contribution in [0.15, 0.2) is 16.9 Å². The Balaban J connectivity index is 2.88. The Morgan fingerprint density at radius 1 is 1.07 bits per heavy atom. The summed E-state index contributed by atoms with van der Waals surface area (Å²) in [5, 5.41) is 27.5. The number of aromatic carboxylic acids is 2. The van der Waals surface area contributed by atoms with E-state index in [1.54, 1.807) is 6.92 Å². The smallest absolute Gasteiger partial charge is 0.342 e. The van der Waals surface area contributed by atoms with Crippen LogP contribution in [0.1, 0.15) is 27.6 Å². The van der Waals surface area contributed by atoms with Gasteiger partial charge in [0.05, 0.1) is 11.6 Å². The molecule has 1 aromatic heterocycles. The summed E-state index contributed by atoms with van der Waals surface area (Å²) < 4.78 is 10.5. The maximum Gasteiger partial charge on any atom is 0.342 e. The minimum atomic E-state index is -1.70. The molecular formula is C17H15ClN2O9. The van der Waals surface area contributed by atoms with Crippen molar-refractivity contribution in [2.24, 2.45) is 0 Å². The molecule has 0 fully saturated rings. The van der Waals surface area contributed by atoms with Crippen molar-refractivity contribution in [3.63, 3.8) is 0 Å². The van der Waals surface area contributed by atoms with Crippen molar-refractivity contribution in [1.29, 1.82) is 0 Å². The summed E-state index contributed by atoms with van der Waals surface area (Å²) >= 11 is 6.19. The molecule has 0 spiro atoms. The van der Waals surface area contributed by atoms with Crippen LogP contribution in [0.2, 0.25) is 5.02 Å². The molecule has 0 aliphatic rings. The number of aromatic amines is 1. The van der Waals surface area contributed by atoms with Crippen LogP contribution < -0.4 is 20.8 Å². The number of carboxylic acid groups (broad SMARTS) is 3. The number of benzene rings is 1. The Morgan fingerprint density at radius 3 is 2.17 bits per heavy atom. The van der Waals surface area contributed by atoms with Gasteiger partial charge in [0.25, 0.3) is 5.56 Å². The third kappa shape index (κ3) is 4.41. The molecule has 29 heavy (non-hydrogen) atoms. The fourth-order valence-electron chi connectivity index (χ4n) is 2.56. The number of nitrogen functional groups attached to an aromatic ring is 1.